The van der Waals surface area contributed by atoms with Crippen LogP contribution >= 0.6 is 0 Å². The molecule has 0 radical (unpaired) electrons. The van der Waals surface area contributed by atoms with Crippen molar-refractivity contribution >= 4 is 5.91 Å². The number of carbonyl (C=O) groups is 1. The summed E-state index contributed by atoms with van der Waals surface area (Å²) in [6.45, 7) is 0. The topological polar surface area (TPSA) is 29.5 Å². The molecule has 1 fully saturated rings. The van der Waals surface area contributed by atoms with Crippen LogP contribution in [0.15, 0.2) is 30.3 Å². The lowest BCUT2D eigenvalue weighted by Gasteiger charge is -2.13. The van der Waals surface area contributed by atoms with Gasteiger partial charge in [-0.25, -0.2) is 5.06 Å². The number of benzene rings is 1. The Morgan fingerprint density at radius 1 is 1.44 bits per heavy atom. The van der Waals surface area contributed by atoms with E-state index in [-0.39, 0.29) is 17.9 Å². The third kappa shape index (κ3) is 1.80. The number of amides is 1. The van der Waals surface area contributed by atoms with Crippen LogP contribution in [0.1, 0.15) is 18.1 Å². The first-order chi connectivity index (χ1) is 7.74. The summed E-state index contributed by atoms with van der Waals surface area (Å²) >= 11 is 0. The van der Waals surface area contributed by atoms with Crippen LogP contribution in [0.4, 0.5) is 0 Å². The molecule has 3 heteroatoms. The van der Waals surface area contributed by atoms with Gasteiger partial charge in [0.25, 0.3) is 5.91 Å². The van der Waals surface area contributed by atoms with Crippen LogP contribution < -0.4 is 0 Å². The van der Waals surface area contributed by atoms with Crippen LogP contribution in [0.5, 0.6) is 0 Å². The van der Waals surface area contributed by atoms with E-state index in [0.29, 0.717) is 6.42 Å². The second-order valence-electron chi connectivity index (χ2n) is 3.79. The van der Waals surface area contributed by atoms with E-state index in [1.54, 1.807) is 7.05 Å². The van der Waals surface area contributed by atoms with Crippen LogP contribution in [-0.4, -0.2) is 18.0 Å². The van der Waals surface area contributed by atoms with Crippen LogP contribution in [0.3, 0.4) is 0 Å². The zero-order chi connectivity index (χ0) is 11.5. The highest BCUT2D eigenvalue weighted by Gasteiger charge is 2.40. The first-order valence-corrected chi connectivity index (χ1v) is 5.17. The minimum absolute atomic E-state index is 0.0493. The van der Waals surface area contributed by atoms with Crippen molar-refractivity contribution in [2.75, 3.05) is 7.05 Å². The smallest absolute Gasteiger partial charge is 0.253 e. The Balaban J connectivity index is 2.28. The molecule has 82 valence electrons. The van der Waals surface area contributed by atoms with Gasteiger partial charge in [-0.05, 0) is 5.56 Å². The molecule has 1 aromatic carbocycles. The summed E-state index contributed by atoms with van der Waals surface area (Å²) in [5, 5.41) is 1.28. The average molecular weight is 215 g/mol. The molecule has 0 bridgehead atoms. The summed E-state index contributed by atoms with van der Waals surface area (Å²) in [6.07, 6.45) is 5.43. The predicted octanol–water partition coefficient (Wildman–Crippen LogP) is 1.77. The summed E-state index contributed by atoms with van der Waals surface area (Å²) in [5.41, 5.74) is 0.987. The zero-order valence-corrected chi connectivity index (χ0v) is 9.09. The highest BCUT2D eigenvalue weighted by atomic mass is 16.7. The maximum Gasteiger partial charge on any atom is 0.253 e. The minimum Gasteiger partial charge on any atom is -0.272 e. The second kappa shape index (κ2) is 4.38. The monoisotopic (exact) mass is 215 g/mol. The van der Waals surface area contributed by atoms with Gasteiger partial charge in [0.1, 0.15) is 6.10 Å². The van der Waals surface area contributed by atoms with E-state index >= 15 is 0 Å². The van der Waals surface area contributed by atoms with Gasteiger partial charge in [0.15, 0.2) is 0 Å². The van der Waals surface area contributed by atoms with Crippen molar-refractivity contribution in [2.45, 2.75) is 12.5 Å². The minimum atomic E-state index is -0.266. The van der Waals surface area contributed by atoms with E-state index < -0.39 is 0 Å². The van der Waals surface area contributed by atoms with Gasteiger partial charge >= 0.3 is 0 Å². The molecule has 1 aromatic rings. The van der Waals surface area contributed by atoms with Crippen LogP contribution in [0, 0.1) is 18.3 Å². The molecule has 2 atom stereocenters. The van der Waals surface area contributed by atoms with Crippen LogP contribution in [-0.2, 0) is 9.63 Å². The summed E-state index contributed by atoms with van der Waals surface area (Å²) < 4.78 is 0. The number of hydrogen-bond donors (Lipinski definition) is 0. The Morgan fingerprint density at radius 3 is 2.75 bits per heavy atom. The van der Waals surface area contributed by atoms with Gasteiger partial charge in [-0.3, -0.25) is 9.63 Å². The van der Waals surface area contributed by atoms with Crippen LogP contribution in [0.25, 0.3) is 0 Å². The molecule has 1 heterocycles. The molecular formula is C13H13NO2. The Labute approximate surface area is 95.0 Å². The van der Waals surface area contributed by atoms with E-state index in [1.807, 2.05) is 30.3 Å². The quantitative estimate of drug-likeness (QED) is 0.704. The summed E-state index contributed by atoms with van der Waals surface area (Å²) in [4.78, 5) is 17.3. The van der Waals surface area contributed by atoms with Gasteiger partial charge in [-0.15, -0.1) is 12.3 Å². The van der Waals surface area contributed by atoms with E-state index in [1.165, 1.54) is 5.06 Å². The van der Waals surface area contributed by atoms with Crippen LogP contribution in [0.2, 0.25) is 0 Å². The maximum atomic E-state index is 11.8. The first kappa shape index (κ1) is 10.7. The summed E-state index contributed by atoms with van der Waals surface area (Å²) in [7, 11) is 1.62. The Morgan fingerprint density at radius 2 is 2.12 bits per heavy atom. The molecule has 1 amide bonds. The third-order valence-corrected chi connectivity index (χ3v) is 2.73. The van der Waals surface area contributed by atoms with Gasteiger partial charge in [0, 0.05) is 13.5 Å². The third-order valence-electron chi connectivity index (χ3n) is 2.73. The molecule has 1 aliphatic rings. The average Bonchev–Trinajstić information content (AvgIpc) is 2.59. The summed E-state index contributed by atoms with van der Waals surface area (Å²) in [6, 6.07) is 9.67. The highest BCUT2D eigenvalue weighted by Crippen LogP contribution is 2.35. The van der Waals surface area contributed by atoms with E-state index in [9.17, 15) is 4.79 Å². The van der Waals surface area contributed by atoms with Gasteiger partial charge < -0.3 is 0 Å². The number of rotatable bonds is 2. The normalized spacial score (nSPS) is 24.5. The summed E-state index contributed by atoms with van der Waals surface area (Å²) in [5.74, 6) is 2.22. The molecule has 0 saturated carbocycles. The largest absolute Gasteiger partial charge is 0.272 e. The molecule has 0 spiro atoms. The van der Waals surface area contributed by atoms with Crippen molar-refractivity contribution in [3.63, 3.8) is 0 Å². The second-order valence-corrected chi connectivity index (χ2v) is 3.79. The fourth-order valence-electron chi connectivity index (χ4n) is 1.92. The molecule has 3 nitrogen and oxygen atoms in total. The lowest BCUT2D eigenvalue weighted by atomic mass is 9.93. The number of terminal acetylenes is 1. The van der Waals surface area contributed by atoms with Gasteiger partial charge in [-0.1, -0.05) is 30.3 Å². The lowest BCUT2D eigenvalue weighted by molar-refractivity contribution is -0.164. The molecule has 16 heavy (non-hydrogen) atoms. The fourth-order valence-corrected chi connectivity index (χ4v) is 1.92. The van der Waals surface area contributed by atoms with E-state index in [4.69, 9.17) is 11.3 Å². The molecular weight excluding hydrogens is 202 g/mol. The molecule has 2 unspecified atom stereocenters. The standard InChI is InChI=1S/C13H13NO2/c1-3-7-11-12(16-14(2)13(11)15)10-8-5-4-6-9-10/h1,4-6,8-9,11-12H,7H2,2H3. The fraction of sp³-hybridized carbons (Fsp3) is 0.308. The molecule has 0 aliphatic carbocycles. The number of nitrogens with zero attached hydrogens (tertiary/aromatic N) is 1. The van der Waals surface area contributed by atoms with Crippen molar-refractivity contribution < 1.29 is 9.63 Å². The first-order valence-electron chi connectivity index (χ1n) is 5.17. The molecule has 2 rings (SSSR count). The molecule has 0 aromatic heterocycles. The van der Waals surface area contributed by atoms with E-state index in [2.05, 4.69) is 5.92 Å². The Bertz CT molecular complexity index is 421. The van der Waals surface area contributed by atoms with Gasteiger partial charge in [0.05, 0.1) is 5.92 Å². The SMILES string of the molecule is C#CCC1C(=O)N(C)OC1c1ccccc1. The Kier molecular flexibility index (Phi) is 2.93. The van der Waals surface area contributed by atoms with Crippen molar-refractivity contribution in [1.29, 1.82) is 0 Å². The maximum absolute atomic E-state index is 11.8. The number of hydroxylamine groups is 2. The van der Waals surface area contributed by atoms with Crippen molar-refractivity contribution in [3.8, 4) is 12.3 Å². The Hall–Kier alpha value is -1.79. The van der Waals surface area contributed by atoms with E-state index in [0.717, 1.165) is 5.56 Å². The predicted molar refractivity (Wildman–Crippen MR) is 60.0 cm³/mol. The van der Waals surface area contributed by atoms with Gasteiger partial charge in [0.2, 0.25) is 0 Å². The zero-order valence-electron chi connectivity index (χ0n) is 9.09. The lowest BCUT2D eigenvalue weighted by Crippen LogP contribution is -2.21. The molecule has 1 aliphatic heterocycles. The number of carbonyl (C=O) groups excluding carboxylic acids is 1. The highest BCUT2D eigenvalue weighted by molar-refractivity contribution is 5.80. The van der Waals surface area contributed by atoms with Crippen molar-refractivity contribution in [1.82, 2.24) is 5.06 Å². The van der Waals surface area contributed by atoms with Crippen molar-refractivity contribution in [3.05, 3.63) is 35.9 Å². The molecule has 0 N–H and O–H groups in total. The number of hydrogen-bond acceptors (Lipinski definition) is 2. The van der Waals surface area contributed by atoms with Crippen molar-refractivity contribution in [2.24, 2.45) is 5.92 Å². The molecule has 1 saturated heterocycles. The van der Waals surface area contributed by atoms with Gasteiger partial charge in [-0.2, -0.15) is 0 Å².